The Balaban J connectivity index is 2.01. The van der Waals surface area contributed by atoms with E-state index in [4.69, 9.17) is 4.74 Å². The van der Waals surface area contributed by atoms with Crippen LogP contribution >= 0.6 is 31.9 Å². The Morgan fingerprint density at radius 2 is 1.95 bits per heavy atom. The normalized spacial score (nSPS) is 17.9. The second kappa shape index (κ2) is 6.77. The summed E-state index contributed by atoms with van der Waals surface area (Å²) < 4.78 is 7.57. The smallest absolute Gasteiger partial charge is 0.147 e. The van der Waals surface area contributed by atoms with Crippen molar-refractivity contribution in [3.63, 3.8) is 0 Å². The average Bonchev–Trinajstić information content (AvgIpc) is 3.19. The lowest BCUT2D eigenvalue weighted by atomic mass is 10.1. The van der Waals surface area contributed by atoms with Crippen molar-refractivity contribution in [1.29, 1.82) is 0 Å². The van der Waals surface area contributed by atoms with E-state index in [-0.39, 0.29) is 6.61 Å². The first-order valence-electron chi connectivity index (χ1n) is 6.98. The van der Waals surface area contributed by atoms with Crippen LogP contribution in [0.4, 0.5) is 0 Å². The van der Waals surface area contributed by atoms with Crippen molar-refractivity contribution in [2.45, 2.75) is 51.3 Å². The number of aliphatic hydroxyl groups is 1. The molecule has 0 heterocycles. The number of hydrogen-bond acceptors (Lipinski definition) is 3. The Morgan fingerprint density at radius 3 is 2.45 bits per heavy atom. The summed E-state index contributed by atoms with van der Waals surface area (Å²) in [5.74, 6) is 0.744. The van der Waals surface area contributed by atoms with Gasteiger partial charge in [0.05, 0.1) is 14.5 Å². The molecular formula is C15H21Br2NO2. The van der Waals surface area contributed by atoms with Crippen LogP contribution in [-0.4, -0.2) is 23.4 Å². The van der Waals surface area contributed by atoms with Crippen molar-refractivity contribution in [2.24, 2.45) is 0 Å². The van der Waals surface area contributed by atoms with Crippen LogP contribution in [0.25, 0.3) is 0 Å². The van der Waals surface area contributed by atoms with Crippen molar-refractivity contribution >= 4 is 31.9 Å². The van der Waals surface area contributed by atoms with Crippen LogP contribution in [-0.2, 0) is 6.54 Å². The highest BCUT2D eigenvalue weighted by molar-refractivity contribution is 9.11. The lowest BCUT2D eigenvalue weighted by Crippen LogP contribution is -2.31. The summed E-state index contributed by atoms with van der Waals surface area (Å²) in [5, 5.41) is 13.5. The SMILES string of the molecule is CCC(C)(O)COc1c(Br)cc(CNC2CC2)cc1Br. The van der Waals surface area contributed by atoms with Crippen LogP contribution in [0.5, 0.6) is 5.75 Å². The monoisotopic (exact) mass is 405 g/mol. The highest BCUT2D eigenvalue weighted by Crippen LogP contribution is 2.35. The summed E-state index contributed by atoms with van der Waals surface area (Å²) in [6.07, 6.45) is 3.23. The van der Waals surface area contributed by atoms with Crippen molar-refractivity contribution in [3.05, 3.63) is 26.6 Å². The van der Waals surface area contributed by atoms with Crippen molar-refractivity contribution in [3.8, 4) is 5.75 Å². The lowest BCUT2D eigenvalue weighted by molar-refractivity contribution is 0.00799. The van der Waals surface area contributed by atoms with Gasteiger partial charge >= 0.3 is 0 Å². The van der Waals surface area contributed by atoms with Gasteiger partial charge in [0.25, 0.3) is 0 Å². The van der Waals surface area contributed by atoms with E-state index < -0.39 is 5.60 Å². The first-order valence-corrected chi connectivity index (χ1v) is 8.56. The molecule has 0 saturated heterocycles. The minimum Gasteiger partial charge on any atom is -0.488 e. The molecule has 5 heteroatoms. The van der Waals surface area contributed by atoms with E-state index in [9.17, 15) is 5.11 Å². The lowest BCUT2D eigenvalue weighted by Gasteiger charge is -2.22. The summed E-state index contributed by atoms with van der Waals surface area (Å²) >= 11 is 7.09. The summed E-state index contributed by atoms with van der Waals surface area (Å²) in [7, 11) is 0. The van der Waals surface area contributed by atoms with Gasteiger partial charge in [-0.3, -0.25) is 0 Å². The summed E-state index contributed by atoms with van der Waals surface area (Å²) in [5.41, 5.74) is 0.413. The van der Waals surface area contributed by atoms with E-state index in [1.807, 2.05) is 6.92 Å². The summed E-state index contributed by atoms with van der Waals surface area (Å²) in [6.45, 7) is 4.87. The summed E-state index contributed by atoms with van der Waals surface area (Å²) in [4.78, 5) is 0. The standard InChI is InChI=1S/C15H21Br2NO2/c1-3-15(2,19)9-20-14-12(16)6-10(7-13(14)17)8-18-11-4-5-11/h6-7,11,18-19H,3-5,8-9H2,1-2H3. The molecular weight excluding hydrogens is 386 g/mol. The molecule has 1 aromatic carbocycles. The van der Waals surface area contributed by atoms with Crippen LogP contribution in [0.15, 0.2) is 21.1 Å². The molecule has 3 nitrogen and oxygen atoms in total. The van der Waals surface area contributed by atoms with E-state index in [1.165, 1.54) is 18.4 Å². The third-order valence-electron chi connectivity index (χ3n) is 3.52. The predicted octanol–water partition coefficient (Wildman–Crippen LogP) is 4.00. The van der Waals surface area contributed by atoms with Crippen molar-refractivity contribution < 1.29 is 9.84 Å². The first-order chi connectivity index (χ1) is 9.41. The van der Waals surface area contributed by atoms with Gasteiger partial charge in [-0.1, -0.05) is 6.92 Å². The molecule has 0 bridgehead atoms. The average molecular weight is 407 g/mol. The van der Waals surface area contributed by atoms with Gasteiger partial charge in [-0.05, 0) is 75.7 Å². The van der Waals surface area contributed by atoms with Crippen LogP contribution in [0.1, 0.15) is 38.7 Å². The molecule has 0 spiro atoms. The van der Waals surface area contributed by atoms with Gasteiger partial charge in [0, 0.05) is 12.6 Å². The van der Waals surface area contributed by atoms with E-state index in [2.05, 4.69) is 49.3 Å². The third-order valence-corrected chi connectivity index (χ3v) is 4.70. The summed E-state index contributed by atoms with van der Waals surface area (Å²) in [6, 6.07) is 4.83. The topological polar surface area (TPSA) is 41.5 Å². The van der Waals surface area contributed by atoms with Gasteiger partial charge in [-0.25, -0.2) is 0 Å². The molecule has 0 aromatic heterocycles. The molecule has 2 N–H and O–H groups in total. The van der Waals surface area contributed by atoms with Gasteiger partial charge < -0.3 is 15.2 Å². The molecule has 20 heavy (non-hydrogen) atoms. The maximum absolute atomic E-state index is 10.0. The Labute approximate surface area is 137 Å². The van der Waals surface area contributed by atoms with E-state index in [0.717, 1.165) is 21.2 Å². The highest BCUT2D eigenvalue weighted by atomic mass is 79.9. The van der Waals surface area contributed by atoms with Gasteiger partial charge in [-0.15, -0.1) is 0 Å². The Hall–Kier alpha value is -0.100. The van der Waals surface area contributed by atoms with E-state index in [0.29, 0.717) is 12.5 Å². The highest BCUT2D eigenvalue weighted by Gasteiger charge is 2.22. The number of halogens is 2. The quantitative estimate of drug-likeness (QED) is 0.718. The van der Waals surface area contributed by atoms with Crippen molar-refractivity contribution in [1.82, 2.24) is 5.32 Å². The molecule has 1 fully saturated rings. The number of ether oxygens (including phenoxy) is 1. The predicted molar refractivity (Wildman–Crippen MR) is 88.1 cm³/mol. The van der Waals surface area contributed by atoms with Gasteiger partial charge in [0.1, 0.15) is 12.4 Å². The Bertz CT molecular complexity index is 450. The first kappa shape index (κ1) is 16.3. The number of hydrogen-bond donors (Lipinski definition) is 2. The molecule has 0 aliphatic heterocycles. The van der Waals surface area contributed by atoms with E-state index >= 15 is 0 Å². The molecule has 1 aromatic rings. The second-order valence-electron chi connectivity index (χ2n) is 5.68. The molecule has 1 unspecified atom stereocenters. The fraction of sp³-hybridized carbons (Fsp3) is 0.600. The number of benzene rings is 1. The molecule has 2 rings (SSSR count). The Kier molecular flexibility index (Phi) is 5.51. The largest absolute Gasteiger partial charge is 0.488 e. The third kappa shape index (κ3) is 4.72. The zero-order valence-electron chi connectivity index (χ0n) is 11.9. The molecule has 0 amide bonds. The molecule has 1 atom stereocenters. The Morgan fingerprint density at radius 1 is 1.35 bits per heavy atom. The molecule has 1 aliphatic rings. The minimum atomic E-state index is -0.801. The maximum Gasteiger partial charge on any atom is 0.147 e. The molecule has 0 radical (unpaired) electrons. The van der Waals surface area contributed by atoms with Crippen LogP contribution in [0.2, 0.25) is 0 Å². The minimum absolute atomic E-state index is 0.278. The van der Waals surface area contributed by atoms with Gasteiger partial charge in [0.15, 0.2) is 0 Å². The maximum atomic E-state index is 10.0. The fourth-order valence-corrected chi connectivity index (χ4v) is 3.24. The second-order valence-corrected chi connectivity index (χ2v) is 7.39. The molecule has 1 saturated carbocycles. The zero-order valence-corrected chi connectivity index (χ0v) is 15.1. The molecule has 112 valence electrons. The molecule has 1 aliphatic carbocycles. The van der Waals surface area contributed by atoms with Crippen LogP contribution in [0.3, 0.4) is 0 Å². The number of rotatable bonds is 7. The van der Waals surface area contributed by atoms with Crippen LogP contribution < -0.4 is 10.1 Å². The van der Waals surface area contributed by atoms with Gasteiger partial charge in [0.2, 0.25) is 0 Å². The fourth-order valence-electron chi connectivity index (χ4n) is 1.73. The van der Waals surface area contributed by atoms with Crippen LogP contribution in [0, 0.1) is 0 Å². The van der Waals surface area contributed by atoms with Gasteiger partial charge in [-0.2, -0.15) is 0 Å². The van der Waals surface area contributed by atoms with Crippen molar-refractivity contribution in [2.75, 3.05) is 6.61 Å². The zero-order chi connectivity index (χ0) is 14.8. The van der Waals surface area contributed by atoms with E-state index in [1.54, 1.807) is 6.92 Å². The number of nitrogens with one attached hydrogen (secondary N) is 1.